The molecular weight excluding hydrogens is 460 g/mol. The summed E-state index contributed by atoms with van der Waals surface area (Å²) >= 11 is 3.41. The monoisotopic (exact) mass is 486 g/mol. The van der Waals surface area contributed by atoms with Crippen molar-refractivity contribution in [3.63, 3.8) is 0 Å². The number of aryl methyl sites for hydroxylation is 1. The van der Waals surface area contributed by atoms with E-state index in [-0.39, 0.29) is 12.1 Å². The second-order valence-electron chi connectivity index (χ2n) is 6.68. The maximum Gasteiger partial charge on any atom is 0.270 e. The van der Waals surface area contributed by atoms with Gasteiger partial charge in [0.2, 0.25) is 5.91 Å². The normalized spacial score (nSPS) is 12.3. The molecule has 164 valence electrons. The number of nitrogens with two attached hydrogens (primary N) is 1. The van der Waals surface area contributed by atoms with Crippen LogP contribution in [0.4, 0.5) is 0 Å². The van der Waals surface area contributed by atoms with Gasteiger partial charge in [-0.3, -0.25) is 9.59 Å². The van der Waals surface area contributed by atoms with E-state index in [9.17, 15) is 14.7 Å². The van der Waals surface area contributed by atoms with Gasteiger partial charge < -0.3 is 16.2 Å². The second kappa shape index (κ2) is 11.4. The number of hydrogen-bond donors (Lipinski definition) is 3. The molecule has 0 spiro atoms. The highest BCUT2D eigenvalue weighted by Gasteiger charge is 2.28. The highest BCUT2D eigenvalue weighted by molar-refractivity contribution is 9.10. The largest absolute Gasteiger partial charge is 0.381 e. The van der Waals surface area contributed by atoms with E-state index >= 15 is 0 Å². The summed E-state index contributed by atoms with van der Waals surface area (Å²) < 4.78 is 2.37. The third-order valence-electron chi connectivity index (χ3n) is 4.40. The number of hydrogen-bond acceptors (Lipinski definition) is 4. The van der Waals surface area contributed by atoms with Crippen LogP contribution in [0.25, 0.3) is 5.69 Å². The van der Waals surface area contributed by atoms with Crippen LogP contribution < -0.4 is 11.1 Å². The number of benzene rings is 2. The lowest BCUT2D eigenvalue weighted by Gasteiger charge is -2.22. The molecule has 0 bridgehead atoms. The minimum absolute atomic E-state index is 0.251. The molecule has 0 fully saturated rings. The number of aliphatic hydroxyl groups is 1. The molecule has 0 saturated heterocycles. The Bertz CT molecular complexity index is 1020. The molecule has 4 N–H and O–H groups in total. The van der Waals surface area contributed by atoms with Crippen molar-refractivity contribution in [3.8, 4) is 5.69 Å². The van der Waals surface area contributed by atoms with Crippen molar-refractivity contribution in [2.45, 2.75) is 39.3 Å². The molecular formula is C23H27BrN4O3. The summed E-state index contributed by atoms with van der Waals surface area (Å²) in [5.74, 6) is -1.37. The van der Waals surface area contributed by atoms with Crippen LogP contribution in [0.2, 0.25) is 0 Å². The smallest absolute Gasteiger partial charge is 0.270 e. The van der Waals surface area contributed by atoms with Crippen molar-refractivity contribution in [2.24, 2.45) is 5.73 Å². The van der Waals surface area contributed by atoms with Gasteiger partial charge in [0.15, 0.2) is 6.10 Å². The lowest BCUT2D eigenvalue weighted by molar-refractivity contribution is -0.127. The number of aliphatic hydroxyl groups excluding tert-OH is 1. The Kier molecular flexibility index (Phi) is 8.96. The van der Waals surface area contributed by atoms with E-state index in [0.29, 0.717) is 11.4 Å². The van der Waals surface area contributed by atoms with Gasteiger partial charge >= 0.3 is 0 Å². The zero-order valence-corrected chi connectivity index (χ0v) is 19.3. The van der Waals surface area contributed by atoms with Crippen LogP contribution >= 0.6 is 15.9 Å². The van der Waals surface area contributed by atoms with Crippen molar-refractivity contribution in [1.29, 1.82) is 0 Å². The molecule has 0 aliphatic heterocycles. The minimum atomic E-state index is -1.53. The first-order valence-electron chi connectivity index (χ1n) is 10.00. The van der Waals surface area contributed by atoms with Gasteiger partial charge in [0.05, 0.1) is 17.4 Å². The van der Waals surface area contributed by atoms with Crippen LogP contribution in [-0.4, -0.2) is 38.8 Å². The number of primary amides is 1. The van der Waals surface area contributed by atoms with Gasteiger partial charge in [-0.15, -0.1) is 0 Å². The molecule has 0 aliphatic rings. The van der Waals surface area contributed by atoms with Crippen molar-refractivity contribution >= 4 is 27.7 Å². The molecule has 0 radical (unpaired) electrons. The van der Waals surface area contributed by atoms with E-state index in [4.69, 9.17) is 5.73 Å². The van der Waals surface area contributed by atoms with Crippen molar-refractivity contribution < 1.29 is 14.7 Å². The third-order valence-corrected chi connectivity index (χ3v) is 4.90. The second-order valence-corrected chi connectivity index (χ2v) is 7.60. The first-order chi connectivity index (χ1) is 14.8. The highest BCUT2D eigenvalue weighted by atomic mass is 79.9. The molecule has 8 heteroatoms. The third kappa shape index (κ3) is 6.50. The van der Waals surface area contributed by atoms with E-state index in [2.05, 4.69) is 26.3 Å². The van der Waals surface area contributed by atoms with E-state index in [1.54, 1.807) is 13.0 Å². The van der Waals surface area contributed by atoms with Crippen LogP contribution in [0, 0.1) is 6.92 Å². The van der Waals surface area contributed by atoms with E-state index in [1.165, 1.54) is 4.68 Å². The molecule has 1 unspecified atom stereocenters. The number of nitrogens with zero attached hydrogens (tertiary/aromatic N) is 2. The summed E-state index contributed by atoms with van der Waals surface area (Å²) in [6.45, 7) is 5.78. The zero-order valence-electron chi connectivity index (χ0n) is 17.7. The fourth-order valence-corrected chi connectivity index (χ4v) is 3.40. The number of rotatable bonds is 7. The molecule has 1 aromatic heterocycles. The van der Waals surface area contributed by atoms with Gasteiger partial charge in [-0.25, -0.2) is 4.68 Å². The Labute approximate surface area is 190 Å². The molecule has 2 amide bonds. The van der Waals surface area contributed by atoms with Crippen LogP contribution in [-0.2, 0) is 11.2 Å². The maximum absolute atomic E-state index is 13.0. The Balaban J connectivity index is 0.00000166. The summed E-state index contributed by atoms with van der Waals surface area (Å²) in [7, 11) is 0. The molecule has 3 rings (SSSR count). The Morgan fingerprint density at radius 2 is 1.81 bits per heavy atom. The average Bonchev–Trinajstić information content (AvgIpc) is 3.16. The van der Waals surface area contributed by atoms with Gasteiger partial charge in [-0.05, 0) is 43.2 Å². The van der Waals surface area contributed by atoms with Crippen molar-refractivity contribution in [1.82, 2.24) is 15.1 Å². The SMILES string of the molecule is CC.Cc1cc(C(=O)N[C@@H](Cc2ccccc2)C(O)C(N)=O)n(-c2cccc(Br)c2)n1. The number of halogens is 1. The van der Waals surface area contributed by atoms with Gasteiger partial charge in [-0.1, -0.05) is 66.2 Å². The van der Waals surface area contributed by atoms with Crippen LogP contribution in [0.1, 0.15) is 35.6 Å². The van der Waals surface area contributed by atoms with Gasteiger partial charge in [0, 0.05) is 4.47 Å². The number of nitrogens with one attached hydrogen (secondary N) is 1. The minimum Gasteiger partial charge on any atom is -0.381 e. The molecule has 2 aromatic carbocycles. The van der Waals surface area contributed by atoms with E-state index < -0.39 is 24.0 Å². The molecule has 0 aliphatic carbocycles. The molecule has 1 heterocycles. The fraction of sp³-hybridized carbons (Fsp3) is 0.261. The molecule has 3 aromatic rings. The van der Waals surface area contributed by atoms with Crippen molar-refractivity contribution in [2.75, 3.05) is 0 Å². The van der Waals surface area contributed by atoms with Crippen LogP contribution in [0.3, 0.4) is 0 Å². The number of aromatic nitrogens is 2. The summed E-state index contributed by atoms with van der Waals surface area (Å²) in [5, 5.41) is 17.4. The first kappa shape index (κ1) is 24.3. The lowest BCUT2D eigenvalue weighted by Crippen LogP contribution is -2.50. The highest BCUT2D eigenvalue weighted by Crippen LogP contribution is 2.18. The van der Waals surface area contributed by atoms with Gasteiger partial charge in [-0.2, -0.15) is 5.10 Å². The molecule has 31 heavy (non-hydrogen) atoms. The molecule has 2 atom stereocenters. The van der Waals surface area contributed by atoms with Crippen LogP contribution in [0.5, 0.6) is 0 Å². The summed E-state index contributed by atoms with van der Waals surface area (Å²) in [6.07, 6.45) is -1.27. The van der Waals surface area contributed by atoms with E-state index in [0.717, 1.165) is 10.0 Å². The molecule has 0 saturated carbocycles. The van der Waals surface area contributed by atoms with Crippen LogP contribution in [0.15, 0.2) is 65.1 Å². The topological polar surface area (TPSA) is 110 Å². The predicted molar refractivity (Wildman–Crippen MR) is 124 cm³/mol. The van der Waals surface area contributed by atoms with E-state index in [1.807, 2.05) is 68.4 Å². The van der Waals surface area contributed by atoms with Gasteiger partial charge in [0.25, 0.3) is 5.91 Å². The Morgan fingerprint density at radius 1 is 1.13 bits per heavy atom. The number of carbonyl (C=O) groups is 2. The van der Waals surface area contributed by atoms with Crippen molar-refractivity contribution in [3.05, 3.63) is 82.1 Å². The Morgan fingerprint density at radius 3 is 2.42 bits per heavy atom. The number of amides is 2. The predicted octanol–water partition coefficient (Wildman–Crippen LogP) is 3.16. The quantitative estimate of drug-likeness (QED) is 0.476. The average molecular weight is 487 g/mol. The summed E-state index contributed by atoms with van der Waals surface area (Å²) in [5.41, 5.74) is 7.79. The van der Waals surface area contributed by atoms with Gasteiger partial charge in [0.1, 0.15) is 5.69 Å². The fourth-order valence-electron chi connectivity index (χ4n) is 3.02. The summed E-state index contributed by atoms with van der Waals surface area (Å²) in [4.78, 5) is 24.6. The lowest BCUT2D eigenvalue weighted by atomic mass is 10.0. The summed E-state index contributed by atoms with van der Waals surface area (Å²) in [6, 6.07) is 17.4. The first-order valence-corrected chi connectivity index (χ1v) is 10.8. The zero-order chi connectivity index (χ0) is 23.0. The molecule has 7 nitrogen and oxygen atoms in total. The standard InChI is InChI=1S/C21H21BrN4O3.C2H6/c1-13-10-18(26(25-13)16-9-5-8-15(22)12-16)21(29)24-17(19(27)20(23)28)11-14-6-3-2-4-7-14;1-2/h2-10,12,17,19,27H,11H2,1H3,(H2,23,28)(H,24,29);1-2H3/t17-,19?;/m0./s1. The Hall–Kier alpha value is -2.97. The maximum atomic E-state index is 13.0. The number of carbonyl (C=O) groups excluding carboxylic acids is 2.